The maximum atomic E-state index is 11.3. The number of nitrogen functional groups attached to an aromatic ring is 1. The van der Waals surface area contributed by atoms with Crippen LogP contribution in [0.5, 0.6) is 0 Å². The van der Waals surface area contributed by atoms with E-state index >= 15 is 0 Å². The Hall–Kier alpha value is -2.87. The minimum atomic E-state index is -0.642. The largest absolute Gasteiger partial charge is 0.389 e. The summed E-state index contributed by atoms with van der Waals surface area (Å²) in [6, 6.07) is 3.98. The maximum Gasteiger partial charge on any atom is 0.208 e. The van der Waals surface area contributed by atoms with Crippen LogP contribution in [0.1, 0.15) is 42.8 Å². The van der Waals surface area contributed by atoms with E-state index < -0.39 is 5.60 Å². The molecule has 3 aromatic rings. The molecule has 4 aliphatic carbocycles. The number of thiophene rings is 1. The van der Waals surface area contributed by atoms with Crippen molar-refractivity contribution in [2.24, 2.45) is 23.7 Å². The molecule has 3 aromatic heterocycles. The Kier molecular flexibility index (Phi) is 4.31. The molecule has 4 bridgehead atoms. The van der Waals surface area contributed by atoms with Gasteiger partial charge in [0.15, 0.2) is 11.5 Å². The van der Waals surface area contributed by atoms with Gasteiger partial charge in [-0.05, 0) is 67.2 Å². The number of anilines is 1. The summed E-state index contributed by atoms with van der Waals surface area (Å²) in [7, 11) is 0. The van der Waals surface area contributed by atoms with E-state index in [2.05, 4.69) is 38.6 Å². The Bertz CT molecular complexity index is 1260. The highest BCUT2D eigenvalue weighted by Crippen LogP contribution is 2.58. The van der Waals surface area contributed by atoms with Gasteiger partial charge in [0.25, 0.3) is 0 Å². The highest BCUT2D eigenvalue weighted by atomic mass is 32.1. The van der Waals surface area contributed by atoms with Crippen LogP contribution in [0.2, 0.25) is 0 Å². The fraction of sp³-hybridized carbons (Fsp3) is 0.458. The van der Waals surface area contributed by atoms with E-state index in [1.54, 1.807) is 17.7 Å². The SMILES string of the molecule is Nc1nc(C#CC2C3CC4CC(C3)CC2(O)C4)nc2c1ncn2CC#Cc1cccs1. The van der Waals surface area contributed by atoms with Gasteiger partial charge in [-0.3, -0.25) is 0 Å². The van der Waals surface area contributed by atoms with E-state index in [0.717, 1.165) is 17.7 Å². The molecule has 4 saturated carbocycles. The van der Waals surface area contributed by atoms with Crippen LogP contribution >= 0.6 is 11.3 Å². The summed E-state index contributed by atoms with van der Waals surface area (Å²) in [6.45, 7) is 0.463. The molecule has 0 spiro atoms. The van der Waals surface area contributed by atoms with Gasteiger partial charge in [-0.2, -0.15) is 0 Å². The Labute approximate surface area is 184 Å². The summed E-state index contributed by atoms with van der Waals surface area (Å²) < 4.78 is 1.87. The highest BCUT2D eigenvalue weighted by molar-refractivity contribution is 7.10. The average molecular weight is 430 g/mol. The van der Waals surface area contributed by atoms with Gasteiger partial charge in [0.05, 0.1) is 29.3 Å². The molecule has 0 radical (unpaired) electrons. The number of imidazole rings is 1. The second kappa shape index (κ2) is 7.09. The first-order valence-corrected chi connectivity index (χ1v) is 11.7. The molecule has 4 fully saturated rings. The van der Waals surface area contributed by atoms with Crippen molar-refractivity contribution in [2.75, 3.05) is 5.73 Å². The number of hydrogen-bond donors (Lipinski definition) is 2. The fourth-order valence-electron chi connectivity index (χ4n) is 6.09. The first-order valence-electron chi connectivity index (χ1n) is 10.8. The summed E-state index contributed by atoms with van der Waals surface area (Å²) in [6.07, 6.45) is 7.13. The van der Waals surface area contributed by atoms with Crippen LogP contribution in [0.4, 0.5) is 5.82 Å². The van der Waals surface area contributed by atoms with Gasteiger partial charge in [0, 0.05) is 0 Å². The molecule has 0 aromatic carbocycles. The van der Waals surface area contributed by atoms with Crippen molar-refractivity contribution in [3.05, 3.63) is 34.5 Å². The molecule has 31 heavy (non-hydrogen) atoms. The summed E-state index contributed by atoms with van der Waals surface area (Å²) in [5, 5.41) is 13.3. The predicted molar refractivity (Wildman–Crippen MR) is 120 cm³/mol. The van der Waals surface area contributed by atoms with Crippen molar-refractivity contribution >= 4 is 28.3 Å². The minimum absolute atomic E-state index is 0.00222. The van der Waals surface area contributed by atoms with Crippen LogP contribution in [-0.2, 0) is 6.54 Å². The Balaban J connectivity index is 1.30. The van der Waals surface area contributed by atoms with Crippen LogP contribution in [0, 0.1) is 47.4 Å². The standard InChI is InChI=1S/C24H23N5OS/c25-22-21-23(29(14-26-21)7-1-3-18-4-2-8-31-18)28-20(27-22)6-5-19-17-10-15-9-16(11-17)13-24(19,30)12-15/h2,4,8,14-17,19,30H,7,9-13H2,(H2,25,27,28). The first-order chi connectivity index (χ1) is 15.1. The van der Waals surface area contributed by atoms with Gasteiger partial charge >= 0.3 is 0 Å². The summed E-state index contributed by atoms with van der Waals surface area (Å²) in [5.74, 6) is 15.3. The second-order valence-corrected chi connectivity index (χ2v) is 10.2. The molecule has 3 atom stereocenters. The molecule has 4 aliphatic rings. The molecule has 6 nitrogen and oxygen atoms in total. The van der Waals surface area contributed by atoms with E-state index in [1.807, 2.05) is 22.1 Å². The molecule has 3 unspecified atom stereocenters. The molecular formula is C24H23N5OS. The van der Waals surface area contributed by atoms with Gasteiger partial charge in [0.2, 0.25) is 5.82 Å². The topological polar surface area (TPSA) is 89.8 Å². The normalized spacial score (nSPS) is 30.6. The van der Waals surface area contributed by atoms with E-state index in [1.165, 1.54) is 19.3 Å². The monoisotopic (exact) mass is 429 g/mol. The molecule has 7 rings (SSSR count). The molecule has 156 valence electrons. The molecular weight excluding hydrogens is 406 g/mol. The van der Waals surface area contributed by atoms with Crippen molar-refractivity contribution in [1.82, 2.24) is 19.5 Å². The molecule has 3 N–H and O–H groups in total. The zero-order valence-electron chi connectivity index (χ0n) is 17.1. The zero-order valence-corrected chi connectivity index (χ0v) is 17.9. The van der Waals surface area contributed by atoms with Crippen LogP contribution in [0.15, 0.2) is 23.8 Å². The van der Waals surface area contributed by atoms with Gasteiger partial charge in [-0.1, -0.05) is 23.8 Å². The lowest BCUT2D eigenvalue weighted by Crippen LogP contribution is -2.56. The number of aliphatic hydroxyl groups is 1. The van der Waals surface area contributed by atoms with Crippen molar-refractivity contribution in [2.45, 2.75) is 44.2 Å². The lowest BCUT2D eigenvalue weighted by molar-refractivity contribution is -0.152. The first kappa shape index (κ1) is 18.9. The van der Waals surface area contributed by atoms with Gasteiger partial charge in [0.1, 0.15) is 5.52 Å². The lowest BCUT2D eigenvalue weighted by Gasteiger charge is -2.57. The van der Waals surface area contributed by atoms with Crippen molar-refractivity contribution in [1.29, 1.82) is 0 Å². The molecule has 0 saturated heterocycles. The number of nitrogens with zero attached hydrogens (tertiary/aromatic N) is 4. The number of fused-ring (bicyclic) bond motifs is 1. The van der Waals surface area contributed by atoms with E-state index in [-0.39, 0.29) is 5.92 Å². The number of rotatable bonds is 1. The van der Waals surface area contributed by atoms with Gasteiger partial charge in [-0.15, -0.1) is 11.3 Å². The van der Waals surface area contributed by atoms with E-state index in [4.69, 9.17) is 5.73 Å². The molecule has 0 aliphatic heterocycles. The van der Waals surface area contributed by atoms with Gasteiger partial charge < -0.3 is 15.4 Å². The third-order valence-corrected chi connectivity index (χ3v) is 7.87. The Morgan fingerprint density at radius 1 is 1.19 bits per heavy atom. The number of hydrogen-bond acceptors (Lipinski definition) is 6. The lowest BCUT2D eigenvalue weighted by atomic mass is 9.50. The quantitative estimate of drug-likeness (QED) is 0.581. The van der Waals surface area contributed by atoms with Gasteiger partial charge in [-0.25, -0.2) is 15.0 Å². The number of nitrogens with two attached hydrogens (primary N) is 1. The maximum absolute atomic E-state index is 11.3. The number of aromatic nitrogens is 4. The van der Waals surface area contributed by atoms with Crippen molar-refractivity contribution in [3.8, 4) is 23.7 Å². The molecule has 3 heterocycles. The highest BCUT2D eigenvalue weighted by Gasteiger charge is 2.55. The van der Waals surface area contributed by atoms with E-state index in [9.17, 15) is 5.11 Å². The van der Waals surface area contributed by atoms with Crippen molar-refractivity contribution < 1.29 is 5.11 Å². The minimum Gasteiger partial charge on any atom is -0.389 e. The Morgan fingerprint density at radius 2 is 2.03 bits per heavy atom. The van der Waals surface area contributed by atoms with Crippen LogP contribution < -0.4 is 5.73 Å². The molecule has 0 amide bonds. The smallest absolute Gasteiger partial charge is 0.208 e. The third-order valence-electron chi connectivity index (χ3n) is 7.09. The Morgan fingerprint density at radius 3 is 2.77 bits per heavy atom. The summed E-state index contributed by atoms with van der Waals surface area (Å²) >= 11 is 1.62. The van der Waals surface area contributed by atoms with Crippen LogP contribution in [-0.4, -0.2) is 30.2 Å². The third kappa shape index (κ3) is 3.29. The fourth-order valence-corrected chi connectivity index (χ4v) is 6.68. The average Bonchev–Trinajstić information content (AvgIpc) is 3.37. The van der Waals surface area contributed by atoms with Crippen molar-refractivity contribution in [3.63, 3.8) is 0 Å². The molecule has 7 heteroatoms. The summed E-state index contributed by atoms with van der Waals surface area (Å²) in [4.78, 5) is 14.4. The van der Waals surface area contributed by atoms with Crippen LogP contribution in [0.3, 0.4) is 0 Å². The van der Waals surface area contributed by atoms with Crippen LogP contribution in [0.25, 0.3) is 11.2 Å². The van der Waals surface area contributed by atoms with E-state index in [0.29, 0.717) is 47.1 Å². The summed E-state index contributed by atoms with van der Waals surface area (Å²) in [5.41, 5.74) is 6.71. The predicted octanol–water partition coefficient (Wildman–Crippen LogP) is 3.06. The zero-order chi connectivity index (χ0) is 21.0. The second-order valence-electron chi connectivity index (χ2n) is 9.21.